The van der Waals surface area contributed by atoms with Gasteiger partial charge in [0.2, 0.25) is 5.91 Å². The van der Waals surface area contributed by atoms with E-state index in [0.717, 1.165) is 47.9 Å². The standard InChI is InChI=1S/C22H24N4O4S/c27-18(23-14-6-9-26(10-7-14)22(29)13-8-11-30-12-13)5-4-17-24-20(28)19-15-2-1-3-16(15)31-21(19)25-17/h8,11-12,14H,1-7,9-10H2,(H,23,27)(H,24,25,28). The zero-order valence-corrected chi connectivity index (χ0v) is 17.9. The Labute approximate surface area is 182 Å². The summed E-state index contributed by atoms with van der Waals surface area (Å²) >= 11 is 1.61. The van der Waals surface area contributed by atoms with Crippen molar-refractivity contribution in [3.8, 4) is 0 Å². The molecule has 2 aliphatic rings. The molecule has 0 aromatic carbocycles. The van der Waals surface area contributed by atoms with Gasteiger partial charge in [0.15, 0.2) is 0 Å². The highest BCUT2D eigenvalue weighted by molar-refractivity contribution is 7.18. The van der Waals surface area contributed by atoms with E-state index >= 15 is 0 Å². The molecule has 3 aromatic rings. The molecule has 1 aliphatic carbocycles. The van der Waals surface area contributed by atoms with Crippen LogP contribution in [0.5, 0.6) is 0 Å². The molecule has 4 heterocycles. The fraction of sp³-hybridized carbons (Fsp3) is 0.455. The van der Waals surface area contributed by atoms with Gasteiger partial charge >= 0.3 is 0 Å². The molecule has 2 amide bonds. The first-order valence-corrected chi connectivity index (χ1v) is 11.5. The first-order chi connectivity index (χ1) is 15.1. The fourth-order valence-corrected chi connectivity index (χ4v) is 5.77. The van der Waals surface area contributed by atoms with Crippen LogP contribution in [-0.4, -0.2) is 45.8 Å². The Morgan fingerprint density at radius 2 is 2.13 bits per heavy atom. The number of fused-ring (bicyclic) bond motifs is 3. The molecule has 0 atom stereocenters. The van der Waals surface area contributed by atoms with E-state index in [1.54, 1.807) is 22.3 Å². The Morgan fingerprint density at radius 3 is 2.90 bits per heavy atom. The van der Waals surface area contributed by atoms with Gasteiger partial charge in [-0.1, -0.05) is 0 Å². The Bertz CT molecular complexity index is 1170. The highest BCUT2D eigenvalue weighted by Crippen LogP contribution is 2.34. The van der Waals surface area contributed by atoms with Gasteiger partial charge < -0.3 is 19.6 Å². The Balaban J connectivity index is 1.13. The van der Waals surface area contributed by atoms with Gasteiger partial charge in [-0.3, -0.25) is 14.4 Å². The summed E-state index contributed by atoms with van der Waals surface area (Å²) in [5, 5.41) is 3.79. The van der Waals surface area contributed by atoms with E-state index in [9.17, 15) is 14.4 Å². The smallest absolute Gasteiger partial charge is 0.259 e. The molecule has 1 aliphatic heterocycles. The van der Waals surface area contributed by atoms with Crippen LogP contribution in [0.1, 0.15) is 52.3 Å². The number of likely N-dealkylation sites (tertiary alicyclic amines) is 1. The molecular weight excluding hydrogens is 416 g/mol. The molecule has 0 saturated carbocycles. The quantitative estimate of drug-likeness (QED) is 0.633. The van der Waals surface area contributed by atoms with Crippen LogP contribution in [0, 0.1) is 0 Å². The van der Waals surface area contributed by atoms with Crippen molar-refractivity contribution in [3.63, 3.8) is 0 Å². The van der Waals surface area contributed by atoms with Crippen LogP contribution in [0.15, 0.2) is 27.8 Å². The molecule has 8 nitrogen and oxygen atoms in total. The SMILES string of the molecule is O=C(CCc1nc2sc3c(c2c(=O)[nH]1)CCC3)NC1CCN(C(=O)c2ccoc2)CC1. The number of rotatable bonds is 5. The number of nitrogens with one attached hydrogen (secondary N) is 2. The van der Waals surface area contributed by atoms with Crippen LogP contribution >= 0.6 is 11.3 Å². The number of aromatic amines is 1. The largest absolute Gasteiger partial charge is 0.472 e. The second-order valence-electron chi connectivity index (χ2n) is 8.20. The van der Waals surface area contributed by atoms with Crippen molar-refractivity contribution in [2.24, 2.45) is 0 Å². The number of amides is 2. The molecule has 0 radical (unpaired) electrons. The number of carbonyl (C=O) groups is 2. The van der Waals surface area contributed by atoms with E-state index in [1.807, 2.05) is 0 Å². The second-order valence-corrected chi connectivity index (χ2v) is 9.28. The van der Waals surface area contributed by atoms with Crippen molar-refractivity contribution in [1.29, 1.82) is 0 Å². The third kappa shape index (κ3) is 4.01. The third-order valence-electron chi connectivity index (χ3n) is 6.13. The number of aromatic nitrogens is 2. The van der Waals surface area contributed by atoms with Gasteiger partial charge in [0.25, 0.3) is 11.5 Å². The number of furan rings is 1. The molecule has 0 unspecified atom stereocenters. The van der Waals surface area contributed by atoms with Crippen molar-refractivity contribution in [1.82, 2.24) is 20.2 Å². The van der Waals surface area contributed by atoms with E-state index in [4.69, 9.17) is 4.42 Å². The van der Waals surface area contributed by atoms with Gasteiger partial charge in [0.05, 0.1) is 17.2 Å². The van der Waals surface area contributed by atoms with Gasteiger partial charge in [0, 0.05) is 36.9 Å². The van der Waals surface area contributed by atoms with Gasteiger partial charge in [-0.05, 0) is 43.7 Å². The predicted molar refractivity (Wildman–Crippen MR) is 116 cm³/mol. The van der Waals surface area contributed by atoms with Crippen molar-refractivity contribution < 1.29 is 14.0 Å². The fourth-order valence-electron chi connectivity index (χ4n) is 4.49. The van der Waals surface area contributed by atoms with Crippen LogP contribution < -0.4 is 10.9 Å². The monoisotopic (exact) mass is 440 g/mol. The first-order valence-electron chi connectivity index (χ1n) is 10.7. The minimum atomic E-state index is -0.0885. The van der Waals surface area contributed by atoms with E-state index < -0.39 is 0 Å². The van der Waals surface area contributed by atoms with Crippen molar-refractivity contribution in [2.45, 2.75) is 51.0 Å². The van der Waals surface area contributed by atoms with Crippen molar-refractivity contribution in [3.05, 3.63) is 50.8 Å². The maximum Gasteiger partial charge on any atom is 0.259 e. The number of thiophene rings is 1. The summed E-state index contributed by atoms with van der Waals surface area (Å²) in [6.45, 7) is 1.20. The van der Waals surface area contributed by atoms with Crippen molar-refractivity contribution >= 4 is 33.4 Å². The summed E-state index contributed by atoms with van der Waals surface area (Å²) in [5.74, 6) is 0.465. The number of hydrogen-bond donors (Lipinski definition) is 2. The molecule has 3 aromatic heterocycles. The summed E-state index contributed by atoms with van der Waals surface area (Å²) in [7, 11) is 0. The summed E-state index contributed by atoms with van der Waals surface area (Å²) < 4.78 is 4.98. The van der Waals surface area contributed by atoms with E-state index in [0.29, 0.717) is 30.9 Å². The topological polar surface area (TPSA) is 108 Å². The normalized spacial score (nSPS) is 16.6. The van der Waals surface area contributed by atoms with Gasteiger partial charge in [-0.2, -0.15) is 0 Å². The number of hydrogen-bond acceptors (Lipinski definition) is 6. The number of H-pyrrole nitrogens is 1. The lowest BCUT2D eigenvalue weighted by Crippen LogP contribution is -2.46. The minimum absolute atomic E-state index is 0.0384. The predicted octanol–water partition coefficient (Wildman–Crippen LogP) is 2.42. The zero-order chi connectivity index (χ0) is 21.4. The molecule has 1 fully saturated rings. The Hall–Kier alpha value is -2.94. The van der Waals surface area contributed by atoms with Crippen LogP contribution in [-0.2, 0) is 24.1 Å². The zero-order valence-electron chi connectivity index (χ0n) is 17.1. The lowest BCUT2D eigenvalue weighted by Gasteiger charge is -2.32. The van der Waals surface area contributed by atoms with Gasteiger partial charge in [0.1, 0.15) is 16.9 Å². The number of carbonyl (C=O) groups excluding carboxylic acids is 2. The second kappa shape index (κ2) is 8.30. The van der Waals surface area contributed by atoms with Gasteiger partial charge in [-0.15, -0.1) is 11.3 Å². The van der Waals surface area contributed by atoms with Gasteiger partial charge in [-0.25, -0.2) is 4.98 Å². The highest BCUT2D eigenvalue weighted by atomic mass is 32.1. The van der Waals surface area contributed by atoms with Crippen LogP contribution in [0.3, 0.4) is 0 Å². The van der Waals surface area contributed by atoms with Crippen LogP contribution in [0.4, 0.5) is 0 Å². The molecular formula is C22H24N4O4S. The van der Waals surface area contributed by atoms with Crippen molar-refractivity contribution in [2.75, 3.05) is 13.1 Å². The molecule has 162 valence electrons. The maximum atomic E-state index is 12.5. The molecule has 31 heavy (non-hydrogen) atoms. The molecule has 1 saturated heterocycles. The third-order valence-corrected chi connectivity index (χ3v) is 7.31. The average molecular weight is 441 g/mol. The number of piperidine rings is 1. The summed E-state index contributed by atoms with van der Waals surface area (Å²) in [4.78, 5) is 48.6. The summed E-state index contributed by atoms with van der Waals surface area (Å²) in [5.41, 5.74) is 1.63. The lowest BCUT2D eigenvalue weighted by atomic mass is 10.0. The van der Waals surface area contributed by atoms with Crippen LogP contribution in [0.2, 0.25) is 0 Å². The summed E-state index contributed by atoms with van der Waals surface area (Å²) in [6.07, 6.45) is 8.14. The molecule has 2 N–H and O–H groups in total. The number of aryl methyl sites for hydroxylation is 3. The molecule has 5 rings (SSSR count). The molecule has 0 bridgehead atoms. The molecule has 9 heteroatoms. The first kappa shape index (κ1) is 20.0. The number of nitrogens with zero attached hydrogens (tertiary/aromatic N) is 2. The highest BCUT2D eigenvalue weighted by Gasteiger charge is 2.25. The lowest BCUT2D eigenvalue weighted by molar-refractivity contribution is -0.122. The summed E-state index contributed by atoms with van der Waals surface area (Å²) in [6, 6.07) is 1.71. The molecule has 0 spiro atoms. The Kier molecular flexibility index (Phi) is 5.35. The maximum absolute atomic E-state index is 12.5. The average Bonchev–Trinajstić information content (AvgIpc) is 3.49. The minimum Gasteiger partial charge on any atom is -0.472 e. The van der Waals surface area contributed by atoms with Crippen LogP contribution in [0.25, 0.3) is 10.2 Å². The Morgan fingerprint density at radius 1 is 1.29 bits per heavy atom. The van der Waals surface area contributed by atoms with E-state index in [1.165, 1.54) is 17.4 Å². The van der Waals surface area contributed by atoms with E-state index in [2.05, 4.69) is 15.3 Å². The van der Waals surface area contributed by atoms with E-state index in [-0.39, 0.29) is 29.8 Å².